The second-order valence-corrected chi connectivity index (χ2v) is 4.87. The van der Waals surface area contributed by atoms with Crippen molar-refractivity contribution < 1.29 is 19.0 Å². The Bertz CT molecular complexity index is 517. The molecule has 0 atom stereocenters. The number of ether oxygens (including phenoxy) is 3. The van der Waals surface area contributed by atoms with E-state index in [0.717, 1.165) is 0 Å². The monoisotopic (exact) mass is 277 g/mol. The van der Waals surface area contributed by atoms with E-state index in [4.69, 9.17) is 19.5 Å². The van der Waals surface area contributed by atoms with Crippen LogP contribution in [0.2, 0.25) is 0 Å². The maximum absolute atomic E-state index is 11.6. The molecule has 108 valence electrons. The Morgan fingerprint density at radius 1 is 1.30 bits per heavy atom. The van der Waals surface area contributed by atoms with E-state index in [1.165, 1.54) is 7.11 Å². The highest BCUT2D eigenvalue weighted by atomic mass is 16.5. The minimum atomic E-state index is -0.758. The molecule has 0 radical (unpaired) electrons. The van der Waals surface area contributed by atoms with Gasteiger partial charge in [-0.15, -0.1) is 0 Å². The van der Waals surface area contributed by atoms with Gasteiger partial charge in [-0.3, -0.25) is 4.79 Å². The summed E-state index contributed by atoms with van der Waals surface area (Å²) >= 11 is 0. The molecule has 0 bridgehead atoms. The van der Waals surface area contributed by atoms with Crippen molar-refractivity contribution >= 4 is 5.97 Å². The second-order valence-electron chi connectivity index (χ2n) is 4.87. The van der Waals surface area contributed by atoms with Gasteiger partial charge in [0.15, 0.2) is 11.5 Å². The van der Waals surface area contributed by atoms with Gasteiger partial charge in [0, 0.05) is 6.07 Å². The molecule has 0 aliphatic heterocycles. The summed E-state index contributed by atoms with van der Waals surface area (Å²) in [5, 5.41) is 8.88. The third kappa shape index (κ3) is 3.89. The largest absolute Gasteiger partial charge is 0.490 e. The summed E-state index contributed by atoms with van der Waals surface area (Å²) in [4.78, 5) is 11.6. The van der Waals surface area contributed by atoms with Crippen LogP contribution in [0.5, 0.6) is 11.5 Å². The predicted molar refractivity (Wildman–Crippen MR) is 73.6 cm³/mol. The van der Waals surface area contributed by atoms with E-state index in [2.05, 4.69) is 0 Å². The molecule has 1 rings (SSSR count). The van der Waals surface area contributed by atoms with Gasteiger partial charge in [0.1, 0.15) is 6.61 Å². The molecule has 1 aromatic rings. The molecule has 0 aliphatic rings. The number of methoxy groups -OCH3 is 1. The first-order valence-corrected chi connectivity index (χ1v) is 6.32. The van der Waals surface area contributed by atoms with Crippen molar-refractivity contribution in [2.24, 2.45) is 5.41 Å². The fourth-order valence-electron chi connectivity index (χ4n) is 1.56. The second kappa shape index (κ2) is 6.80. The number of nitrogens with zero attached hydrogens (tertiary/aromatic N) is 1. The number of hydrogen-bond donors (Lipinski definition) is 0. The summed E-state index contributed by atoms with van der Waals surface area (Å²) in [6.45, 7) is 5.95. The Morgan fingerprint density at radius 3 is 2.55 bits per heavy atom. The van der Waals surface area contributed by atoms with E-state index in [-0.39, 0.29) is 12.6 Å². The van der Waals surface area contributed by atoms with Crippen LogP contribution in [0.3, 0.4) is 0 Å². The van der Waals surface area contributed by atoms with Crippen molar-refractivity contribution in [3.05, 3.63) is 23.8 Å². The van der Waals surface area contributed by atoms with Crippen molar-refractivity contribution in [3.63, 3.8) is 0 Å². The Kier molecular flexibility index (Phi) is 5.39. The van der Waals surface area contributed by atoms with Crippen LogP contribution in [0.1, 0.15) is 26.3 Å². The summed E-state index contributed by atoms with van der Waals surface area (Å²) in [7, 11) is 1.34. The Hall–Kier alpha value is -2.22. The zero-order valence-corrected chi connectivity index (χ0v) is 12.2. The molecule has 0 aliphatic carbocycles. The normalized spacial score (nSPS) is 10.6. The molecule has 0 aromatic heterocycles. The first-order valence-electron chi connectivity index (χ1n) is 6.32. The number of carbonyl (C=O) groups is 1. The first kappa shape index (κ1) is 15.8. The summed E-state index contributed by atoms with van der Waals surface area (Å²) in [5.74, 6) is 0.652. The highest BCUT2D eigenvalue weighted by Crippen LogP contribution is 2.30. The number of benzene rings is 1. The summed E-state index contributed by atoms with van der Waals surface area (Å²) < 4.78 is 15.8. The molecular formula is C15H19NO4. The quantitative estimate of drug-likeness (QED) is 0.747. The van der Waals surface area contributed by atoms with Crippen LogP contribution in [0, 0.1) is 16.7 Å². The van der Waals surface area contributed by atoms with Crippen LogP contribution in [0.25, 0.3) is 0 Å². The topological polar surface area (TPSA) is 68.5 Å². The highest BCUT2D eigenvalue weighted by molar-refractivity contribution is 5.75. The van der Waals surface area contributed by atoms with Gasteiger partial charge in [-0.05, 0) is 32.9 Å². The number of rotatable bonds is 6. The van der Waals surface area contributed by atoms with Crippen LogP contribution in [-0.4, -0.2) is 26.3 Å². The molecule has 5 nitrogen and oxygen atoms in total. The van der Waals surface area contributed by atoms with Crippen LogP contribution in [0.4, 0.5) is 0 Å². The van der Waals surface area contributed by atoms with Crippen LogP contribution < -0.4 is 9.47 Å². The fourth-order valence-corrected chi connectivity index (χ4v) is 1.56. The molecular weight excluding hydrogens is 258 g/mol. The number of carbonyl (C=O) groups excluding carboxylic acids is 1. The summed E-state index contributed by atoms with van der Waals surface area (Å²) in [6, 6.07) is 6.96. The van der Waals surface area contributed by atoms with Gasteiger partial charge < -0.3 is 14.2 Å². The van der Waals surface area contributed by atoms with Gasteiger partial charge in [0.2, 0.25) is 0 Å². The Balaban J connectivity index is 2.87. The highest BCUT2D eigenvalue weighted by Gasteiger charge is 2.30. The number of esters is 1. The van der Waals surface area contributed by atoms with E-state index in [1.54, 1.807) is 32.0 Å². The van der Waals surface area contributed by atoms with E-state index >= 15 is 0 Å². The lowest BCUT2D eigenvalue weighted by atomic mass is 9.95. The molecule has 0 heterocycles. The van der Waals surface area contributed by atoms with Crippen LogP contribution in [0.15, 0.2) is 18.2 Å². The molecule has 1 aromatic carbocycles. The molecule has 0 spiro atoms. The summed E-state index contributed by atoms with van der Waals surface area (Å²) in [5.41, 5.74) is -0.264. The van der Waals surface area contributed by atoms with E-state index in [9.17, 15) is 4.79 Å². The fraction of sp³-hybridized carbons (Fsp3) is 0.467. The molecule has 20 heavy (non-hydrogen) atoms. The Morgan fingerprint density at radius 2 is 2.00 bits per heavy atom. The van der Waals surface area contributed by atoms with Crippen molar-refractivity contribution in [3.8, 4) is 17.6 Å². The lowest BCUT2D eigenvalue weighted by Gasteiger charge is -2.22. The molecule has 0 unspecified atom stereocenters. The Labute approximate surface area is 119 Å². The summed E-state index contributed by atoms with van der Waals surface area (Å²) in [6.07, 6.45) is 0. The van der Waals surface area contributed by atoms with Crippen molar-refractivity contribution in [2.45, 2.75) is 20.8 Å². The van der Waals surface area contributed by atoms with Crippen molar-refractivity contribution in [1.82, 2.24) is 0 Å². The minimum Gasteiger partial charge on any atom is -0.490 e. The minimum absolute atomic E-state index is 0.158. The van der Waals surface area contributed by atoms with E-state index in [0.29, 0.717) is 23.7 Å². The maximum atomic E-state index is 11.6. The van der Waals surface area contributed by atoms with Gasteiger partial charge in [0.25, 0.3) is 0 Å². The van der Waals surface area contributed by atoms with Gasteiger partial charge in [0.05, 0.1) is 30.8 Å². The van der Waals surface area contributed by atoms with Crippen LogP contribution >= 0.6 is 0 Å². The molecule has 0 saturated heterocycles. The molecule has 0 N–H and O–H groups in total. The zero-order valence-electron chi connectivity index (χ0n) is 12.2. The van der Waals surface area contributed by atoms with E-state index < -0.39 is 5.41 Å². The third-order valence-electron chi connectivity index (χ3n) is 2.70. The number of hydrogen-bond acceptors (Lipinski definition) is 5. The average Bonchev–Trinajstić information content (AvgIpc) is 2.45. The van der Waals surface area contributed by atoms with Crippen molar-refractivity contribution in [2.75, 3.05) is 20.3 Å². The van der Waals surface area contributed by atoms with Gasteiger partial charge in [-0.25, -0.2) is 0 Å². The van der Waals surface area contributed by atoms with Gasteiger partial charge in [-0.2, -0.15) is 5.26 Å². The van der Waals surface area contributed by atoms with Gasteiger partial charge >= 0.3 is 5.97 Å². The van der Waals surface area contributed by atoms with Crippen molar-refractivity contribution in [1.29, 1.82) is 5.26 Å². The third-order valence-corrected chi connectivity index (χ3v) is 2.70. The lowest BCUT2D eigenvalue weighted by molar-refractivity contribution is -0.152. The predicted octanol–water partition coefficient (Wildman–Crippen LogP) is 2.53. The first-order chi connectivity index (χ1) is 9.44. The van der Waals surface area contributed by atoms with Crippen LogP contribution in [-0.2, 0) is 9.53 Å². The number of nitriles is 1. The maximum Gasteiger partial charge on any atom is 0.314 e. The standard InChI is InChI=1S/C15H19NO4/c1-5-19-13-8-11(9-16)6-7-12(13)20-10-15(2,3)14(17)18-4/h6-8H,5,10H2,1-4H3. The SMILES string of the molecule is CCOc1cc(C#N)ccc1OCC(C)(C)C(=O)OC. The molecule has 0 amide bonds. The molecule has 0 fully saturated rings. The van der Waals surface area contributed by atoms with Gasteiger partial charge in [-0.1, -0.05) is 0 Å². The lowest BCUT2D eigenvalue weighted by Crippen LogP contribution is -2.32. The average molecular weight is 277 g/mol. The van der Waals surface area contributed by atoms with E-state index in [1.807, 2.05) is 13.0 Å². The molecule has 0 saturated carbocycles. The molecule has 5 heteroatoms. The zero-order chi connectivity index (χ0) is 15.2. The smallest absolute Gasteiger partial charge is 0.314 e.